The fourth-order valence-corrected chi connectivity index (χ4v) is 2.86. The van der Waals surface area contributed by atoms with Crippen LogP contribution in [0.2, 0.25) is 10.0 Å². The lowest BCUT2D eigenvalue weighted by Gasteiger charge is -2.17. The van der Waals surface area contributed by atoms with E-state index < -0.39 is 10.1 Å². The molecule has 0 fully saturated rings. The summed E-state index contributed by atoms with van der Waals surface area (Å²) in [4.78, 5) is -0.0622. The third-order valence-corrected chi connectivity index (χ3v) is 3.79. The Balaban J connectivity index is 2.98. The van der Waals surface area contributed by atoms with Gasteiger partial charge < -0.3 is 0 Å². The molecule has 0 radical (unpaired) electrons. The summed E-state index contributed by atoms with van der Waals surface area (Å²) in [5, 5.41) is 0.441. The highest BCUT2D eigenvalue weighted by atomic mass is 35.5. The Hall–Kier alpha value is -0.290. The van der Waals surface area contributed by atoms with Crippen LogP contribution in [0.3, 0.4) is 0 Å². The van der Waals surface area contributed by atoms with Crippen LogP contribution in [0.4, 0.5) is 0 Å². The first-order valence-corrected chi connectivity index (χ1v) is 7.13. The molecule has 0 aliphatic rings. The monoisotopic (exact) mass is 296 g/mol. The molecule has 0 aliphatic heterocycles. The van der Waals surface area contributed by atoms with Crippen LogP contribution in [0.25, 0.3) is 0 Å². The number of halogens is 2. The van der Waals surface area contributed by atoms with Crippen molar-refractivity contribution in [3.63, 3.8) is 0 Å². The Morgan fingerprint density at radius 3 is 2.29 bits per heavy atom. The first-order valence-electron chi connectivity index (χ1n) is 4.96. The predicted octanol–water partition coefficient (Wildman–Crippen LogP) is 3.74. The zero-order chi connectivity index (χ0) is 13.3. The van der Waals surface area contributed by atoms with Crippen LogP contribution in [0.1, 0.15) is 20.8 Å². The largest absolute Gasteiger partial charge is 0.298 e. The highest BCUT2D eigenvalue weighted by Crippen LogP contribution is 2.27. The van der Waals surface area contributed by atoms with Gasteiger partial charge in [0.1, 0.15) is 4.90 Å². The van der Waals surface area contributed by atoms with E-state index in [9.17, 15) is 8.42 Å². The van der Waals surface area contributed by atoms with Gasteiger partial charge >= 0.3 is 0 Å². The van der Waals surface area contributed by atoms with E-state index >= 15 is 0 Å². The van der Waals surface area contributed by atoms with Crippen LogP contribution in [-0.4, -0.2) is 15.0 Å². The topological polar surface area (TPSA) is 43.4 Å². The molecule has 0 heterocycles. The summed E-state index contributed by atoms with van der Waals surface area (Å²) in [5.41, 5.74) is -0.244. The molecule has 0 bridgehead atoms. The minimum absolute atomic E-state index is 0.0615. The van der Waals surface area contributed by atoms with Crippen molar-refractivity contribution in [1.29, 1.82) is 0 Å². The molecular formula is C11H14Cl2O3S. The van der Waals surface area contributed by atoms with E-state index in [0.717, 1.165) is 0 Å². The zero-order valence-electron chi connectivity index (χ0n) is 9.83. The molecule has 0 aromatic heterocycles. The lowest BCUT2D eigenvalue weighted by atomic mass is 9.99. The van der Waals surface area contributed by atoms with Crippen LogP contribution >= 0.6 is 23.2 Å². The number of rotatable bonds is 3. The molecule has 1 aromatic rings. The SMILES string of the molecule is CC(C)(C)COS(=O)(=O)c1ccc(Cl)cc1Cl. The second-order valence-electron chi connectivity index (χ2n) is 4.85. The van der Waals surface area contributed by atoms with Crippen LogP contribution in [-0.2, 0) is 14.3 Å². The Kier molecular flexibility index (Phi) is 4.47. The molecule has 17 heavy (non-hydrogen) atoms. The van der Waals surface area contributed by atoms with Crippen LogP contribution in [0.5, 0.6) is 0 Å². The number of hydrogen-bond acceptors (Lipinski definition) is 3. The summed E-state index contributed by atoms with van der Waals surface area (Å²) < 4.78 is 28.7. The third kappa shape index (κ3) is 4.47. The highest BCUT2D eigenvalue weighted by molar-refractivity contribution is 7.86. The molecule has 96 valence electrons. The molecule has 0 unspecified atom stereocenters. The Bertz CT molecular complexity index is 504. The van der Waals surface area contributed by atoms with Crippen molar-refractivity contribution in [1.82, 2.24) is 0 Å². The van der Waals surface area contributed by atoms with Gasteiger partial charge in [-0.3, -0.25) is 4.18 Å². The minimum atomic E-state index is -3.83. The third-order valence-electron chi connectivity index (χ3n) is 1.81. The van der Waals surface area contributed by atoms with Gasteiger partial charge in [-0.2, -0.15) is 8.42 Å². The molecule has 0 atom stereocenters. The van der Waals surface area contributed by atoms with Crippen LogP contribution < -0.4 is 0 Å². The van der Waals surface area contributed by atoms with Crippen LogP contribution in [0, 0.1) is 5.41 Å². The Labute approximate surface area is 112 Å². The molecule has 0 saturated heterocycles. The quantitative estimate of drug-likeness (QED) is 0.798. The number of hydrogen-bond donors (Lipinski definition) is 0. The van der Waals surface area contributed by atoms with Gasteiger partial charge in [-0.1, -0.05) is 44.0 Å². The molecule has 1 rings (SSSR count). The summed E-state index contributed by atoms with van der Waals surface area (Å²) in [7, 11) is -3.83. The average Bonchev–Trinajstić information content (AvgIpc) is 2.13. The van der Waals surface area contributed by atoms with E-state index in [2.05, 4.69) is 0 Å². The van der Waals surface area contributed by atoms with Crippen molar-refractivity contribution in [3.8, 4) is 0 Å². The molecule has 6 heteroatoms. The van der Waals surface area contributed by atoms with Crippen molar-refractivity contribution in [3.05, 3.63) is 28.2 Å². The molecular weight excluding hydrogens is 283 g/mol. The van der Waals surface area contributed by atoms with Gasteiger partial charge in [-0.05, 0) is 23.6 Å². The summed E-state index contributed by atoms with van der Waals surface area (Å²) >= 11 is 11.5. The van der Waals surface area contributed by atoms with Gasteiger partial charge in [0.25, 0.3) is 10.1 Å². The van der Waals surface area contributed by atoms with Gasteiger partial charge in [0, 0.05) is 5.02 Å². The second kappa shape index (κ2) is 5.14. The summed E-state index contributed by atoms with van der Waals surface area (Å²) in [6.07, 6.45) is 0. The number of benzene rings is 1. The van der Waals surface area contributed by atoms with Gasteiger partial charge in [0.05, 0.1) is 11.6 Å². The smallest absolute Gasteiger partial charge is 0.266 e. The second-order valence-corrected chi connectivity index (χ2v) is 7.28. The van der Waals surface area contributed by atoms with Crippen molar-refractivity contribution >= 4 is 33.3 Å². The molecule has 0 saturated carbocycles. The lowest BCUT2D eigenvalue weighted by Crippen LogP contribution is -2.18. The van der Waals surface area contributed by atoms with E-state index in [1.807, 2.05) is 20.8 Å². The van der Waals surface area contributed by atoms with Gasteiger partial charge in [-0.25, -0.2) is 0 Å². The normalized spacial score (nSPS) is 12.8. The molecule has 0 spiro atoms. The van der Waals surface area contributed by atoms with Crippen LogP contribution in [0.15, 0.2) is 23.1 Å². The van der Waals surface area contributed by atoms with Crippen molar-refractivity contribution in [2.75, 3.05) is 6.61 Å². The fraction of sp³-hybridized carbons (Fsp3) is 0.455. The summed E-state index contributed by atoms with van der Waals surface area (Å²) in [6, 6.07) is 4.17. The highest BCUT2D eigenvalue weighted by Gasteiger charge is 2.22. The maximum Gasteiger partial charge on any atom is 0.298 e. The van der Waals surface area contributed by atoms with Gasteiger partial charge in [-0.15, -0.1) is 0 Å². The van der Waals surface area contributed by atoms with E-state index in [1.54, 1.807) is 0 Å². The first-order chi connectivity index (χ1) is 7.62. The predicted molar refractivity (Wildman–Crippen MR) is 69.1 cm³/mol. The van der Waals surface area contributed by atoms with Gasteiger partial charge in [0.2, 0.25) is 0 Å². The maximum absolute atomic E-state index is 11.9. The molecule has 1 aromatic carbocycles. The molecule has 0 N–H and O–H groups in total. The standard InChI is InChI=1S/C11H14Cl2O3S/c1-11(2,3)7-16-17(14,15)10-5-4-8(12)6-9(10)13/h4-6H,7H2,1-3H3. The van der Waals surface area contributed by atoms with Crippen molar-refractivity contribution in [2.45, 2.75) is 25.7 Å². The molecule has 3 nitrogen and oxygen atoms in total. The lowest BCUT2D eigenvalue weighted by molar-refractivity contribution is 0.203. The fourth-order valence-electron chi connectivity index (χ4n) is 0.996. The maximum atomic E-state index is 11.9. The van der Waals surface area contributed by atoms with Crippen molar-refractivity contribution < 1.29 is 12.6 Å². The average molecular weight is 297 g/mol. The first kappa shape index (κ1) is 14.8. The summed E-state index contributed by atoms with van der Waals surface area (Å²) in [6.45, 7) is 5.73. The Morgan fingerprint density at radius 1 is 1.24 bits per heavy atom. The zero-order valence-corrected chi connectivity index (χ0v) is 12.2. The van der Waals surface area contributed by atoms with E-state index in [0.29, 0.717) is 5.02 Å². The van der Waals surface area contributed by atoms with Gasteiger partial charge in [0.15, 0.2) is 0 Å². The summed E-state index contributed by atoms with van der Waals surface area (Å²) in [5.74, 6) is 0. The van der Waals surface area contributed by atoms with Crippen molar-refractivity contribution in [2.24, 2.45) is 5.41 Å². The molecule has 0 amide bonds. The minimum Gasteiger partial charge on any atom is -0.266 e. The van der Waals surface area contributed by atoms with E-state index in [-0.39, 0.29) is 21.9 Å². The Morgan fingerprint density at radius 2 is 1.82 bits per heavy atom. The van der Waals surface area contributed by atoms with E-state index in [4.69, 9.17) is 27.4 Å². The van der Waals surface area contributed by atoms with E-state index in [1.165, 1.54) is 18.2 Å². The molecule has 0 aliphatic carbocycles.